The highest BCUT2D eigenvalue weighted by molar-refractivity contribution is 7.92. The third kappa shape index (κ3) is 3.00. The minimum absolute atomic E-state index is 0.267. The van der Waals surface area contributed by atoms with Gasteiger partial charge in [-0.3, -0.25) is 4.72 Å². The molecular weight excluding hydrogens is 296 g/mol. The van der Waals surface area contributed by atoms with E-state index < -0.39 is 10.0 Å². The van der Waals surface area contributed by atoms with Crippen LogP contribution < -0.4 is 10.5 Å². The third-order valence-electron chi connectivity index (χ3n) is 4.17. The number of benzene rings is 2. The van der Waals surface area contributed by atoms with E-state index in [0.29, 0.717) is 18.2 Å². The summed E-state index contributed by atoms with van der Waals surface area (Å²) in [4.78, 5) is 0.267. The molecule has 0 amide bonds. The molecule has 5 heteroatoms. The zero-order valence-electron chi connectivity index (χ0n) is 12.3. The molecule has 0 radical (unpaired) electrons. The number of anilines is 1. The van der Waals surface area contributed by atoms with Crippen molar-refractivity contribution in [2.75, 3.05) is 11.3 Å². The monoisotopic (exact) mass is 316 g/mol. The number of hydrogen-bond acceptors (Lipinski definition) is 3. The second kappa shape index (κ2) is 6.10. The molecule has 1 unspecified atom stereocenters. The lowest BCUT2D eigenvalue weighted by Crippen LogP contribution is -2.19. The number of fused-ring (bicyclic) bond motifs is 1. The Morgan fingerprint density at radius 1 is 1.14 bits per heavy atom. The van der Waals surface area contributed by atoms with E-state index >= 15 is 0 Å². The van der Waals surface area contributed by atoms with E-state index in [1.807, 2.05) is 18.2 Å². The van der Waals surface area contributed by atoms with E-state index in [2.05, 4.69) is 4.72 Å². The number of aryl methyl sites for hydroxylation is 1. The van der Waals surface area contributed by atoms with Crippen LogP contribution in [0.2, 0.25) is 0 Å². The molecule has 1 atom stereocenters. The van der Waals surface area contributed by atoms with Gasteiger partial charge in [0, 0.05) is 5.69 Å². The van der Waals surface area contributed by atoms with Gasteiger partial charge in [-0.1, -0.05) is 24.3 Å². The van der Waals surface area contributed by atoms with Crippen molar-refractivity contribution in [3.05, 3.63) is 59.7 Å². The first-order valence-electron chi connectivity index (χ1n) is 7.51. The summed E-state index contributed by atoms with van der Waals surface area (Å²) in [5.74, 6) is 0.324. The van der Waals surface area contributed by atoms with Crippen LogP contribution in [0.4, 0.5) is 5.69 Å². The zero-order valence-corrected chi connectivity index (χ0v) is 13.1. The highest BCUT2D eigenvalue weighted by Crippen LogP contribution is 2.33. The lowest BCUT2D eigenvalue weighted by Gasteiger charge is -2.25. The Morgan fingerprint density at radius 2 is 1.91 bits per heavy atom. The maximum atomic E-state index is 12.4. The predicted octanol–water partition coefficient (Wildman–Crippen LogP) is 2.87. The van der Waals surface area contributed by atoms with Crippen molar-refractivity contribution in [3.63, 3.8) is 0 Å². The van der Waals surface area contributed by atoms with Gasteiger partial charge in [0.05, 0.1) is 4.90 Å². The van der Waals surface area contributed by atoms with Gasteiger partial charge in [0.25, 0.3) is 10.0 Å². The first-order valence-corrected chi connectivity index (χ1v) is 8.99. The van der Waals surface area contributed by atoms with Crippen LogP contribution in [-0.2, 0) is 16.4 Å². The Morgan fingerprint density at radius 3 is 2.64 bits per heavy atom. The van der Waals surface area contributed by atoms with E-state index in [1.54, 1.807) is 30.3 Å². The number of sulfonamides is 1. The molecule has 0 spiro atoms. The summed E-state index contributed by atoms with van der Waals surface area (Å²) >= 11 is 0. The number of nitrogens with two attached hydrogens (primary N) is 1. The van der Waals surface area contributed by atoms with Crippen LogP contribution in [0.1, 0.15) is 29.9 Å². The molecule has 116 valence electrons. The molecular formula is C17H20N2O2S. The first kappa shape index (κ1) is 15.1. The van der Waals surface area contributed by atoms with Crippen LogP contribution in [0.15, 0.2) is 53.4 Å². The van der Waals surface area contributed by atoms with Crippen molar-refractivity contribution in [1.29, 1.82) is 0 Å². The van der Waals surface area contributed by atoms with Gasteiger partial charge in [-0.15, -0.1) is 0 Å². The van der Waals surface area contributed by atoms with E-state index in [9.17, 15) is 8.42 Å². The second-order valence-electron chi connectivity index (χ2n) is 5.66. The fourth-order valence-corrected chi connectivity index (χ4v) is 4.09. The smallest absolute Gasteiger partial charge is 0.261 e. The molecule has 3 N–H and O–H groups in total. The van der Waals surface area contributed by atoms with Gasteiger partial charge in [0.15, 0.2) is 0 Å². The maximum Gasteiger partial charge on any atom is 0.261 e. The predicted molar refractivity (Wildman–Crippen MR) is 88.4 cm³/mol. The summed E-state index contributed by atoms with van der Waals surface area (Å²) in [7, 11) is -3.55. The van der Waals surface area contributed by atoms with E-state index in [4.69, 9.17) is 5.73 Å². The minimum Gasteiger partial charge on any atom is -0.330 e. The zero-order chi connectivity index (χ0) is 15.6. The molecule has 22 heavy (non-hydrogen) atoms. The van der Waals surface area contributed by atoms with Gasteiger partial charge in [0.1, 0.15) is 0 Å². The highest BCUT2D eigenvalue weighted by Gasteiger charge is 2.20. The molecule has 0 saturated carbocycles. The molecule has 4 nitrogen and oxygen atoms in total. The molecule has 0 fully saturated rings. The molecule has 2 aromatic carbocycles. The molecule has 0 heterocycles. The quantitative estimate of drug-likeness (QED) is 0.911. The van der Waals surface area contributed by atoms with E-state index in [0.717, 1.165) is 19.3 Å². The van der Waals surface area contributed by atoms with Crippen molar-refractivity contribution < 1.29 is 8.42 Å². The van der Waals surface area contributed by atoms with Crippen molar-refractivity contribution in [3.8, 4) is 0 Å². The Labute approximate surface area is 131 Å². The van der Waals surface area contributed by atoms with Crippen LogP contribution in [0, 0.1) is 0 Å². The molecule has 1 aliphatic rings. The topological polar surface area (TPSA) is 72.2 Å². The summed E-state index contributed by atoms with van der Waals surface area (Å²) in [6.07, 6.45) is 3.25. The number of nitrogens with one attached hydrogen (secondary N) is 1. The molecule has 3 rings (SSSR count). The number of hydrogen-bond donors (Lipinski definition) is 2. The summed E-state index contributed by atoms with van der Waals surface area (Å²) in [6.45, 7) is 0.599. The van der Waals surface area contributed by atoms with Crippen molar-refractivity contribution >= 4 is 15.7 Å². The summed E-state index contributed by atoms with van der Waals surface area (Å²) in [6, 6.07) is 14.2. The second-order valence-corrected chi connectivity index (χ2v) is 7.34. The van der Waals surface area contributed by atoms with Crippen molar-refractivity contribution in [2.24, 2.45) is 5.73 Å². The Hall–Kier alpha value is -1.85. The molecule has 2 aromatic rings. The third-order valence-corrected chi connectivity index (χ3v) is 5.57. The maximum absolute atomic E-state index is 12.4. The van der Waals surface area contributed by atoms with Gasteiger partial charge >= 0.3 is 0 Å². The number of rotatable bonds is 4. The molecule has 0 aromatic heterocycles. The van der Waals surface area contributed by atoms with Crippen LogP contribution in [0.3, 0.4) is 0 Å². The standard InChI is InChI=1S/C17H20N2O2S/c18-12-14-6-4-5-13-9-10-15(11-17(13)14)19-22(20,21)16-7-2-1-3-8-16/h1-3,7-11,14,19H,4-6,12,18H2. The van der Waals surface area contributed by atoms with Crippen LogP contribution in [0.5, 0.6) is 0 Å². The fourth-order valence-electron chi connectivity index (χ4n) is 3.02. The Kier molecular flexibility index (Phi) is 4.18. The summed E-state index contributed by atoms with van der Waals surface area (Å²) in [5, 5.41) is 0. The average molecular weight is 316 g/mol. The van der Waals surface area contributed by atoms with E-state index in [1.165, 1.54) is 11.1 Å². The van der Waals surface area contributed by atoms with Gasteiger partial charge < -0.3 is 5.73 Å². The minimum atomic E-state index is -3.55. The van der Waals surface area contributed by atoms with Crippen LogP contribution >= 0.6 is 0 Å². The highest BCUT2D eigenvalue weighted by atomic mass is 32.2. The molecule has 0 aliphatic heterocycles. The van der Waals surface area contributed by atoms with Crippen LogP contribution in [0.25, 0.3) is 0 Å². The summed E-state index contributed by atoms with van der Waals surface area (Å²) < 4.78 is 27.4. The van der Waals surface area contributed by atoms with Gasteiger partial charge in [0.2, 0.25) is 0 Å². The fraction of sp³-hybridized carbons (Fsp3) is 0.294. The van der Waals surface area contributed by atoms with Crippen molar-refractivity contribution in [2.45, 2.75) is 30.1 Å². The van der Waals surface area contributed by atoms with Crippen LogP contribution in [-0.4, -0.2) is 15.0 Å². The molecule has 0 saturated heterocycles. The van der Waals surface area contributed by atoms with Gasteiger partial charge in [-0.25, -0.2) is 8.42 Å². The Bertz CT molecular complexity index is 757. The average Bonchev–Trinajstić information content (AvgIpc) is 2.54. The molecule has 1 aliphatic carbocycles. The largest absolute Gasteiger partial charge is 0.330 e. The van der Waals surface area contributed by atoms with Gasteiger partial charge in [-0.2, -0.15) is 0 Å². The lowest BCUT2D eigenvalue weighted by atomic mass is 9.83. The van der Waals surface area contributed by atoms with Crippen molar-refractivity contribution in [1.82, 2.24) is 0 Å². The van der Waals surface area contributed by atoms with Gasteiger partial charge in [-0.05, 0) is 67.1 Å². The summed E-state index contributed by atoms with van der Waals surface area (Å²) in [5.41, 5.74) is 8.91. The SMILES string of the molecule is NCC1CCCc2ccc(NS(=O)(=O)c3ccccc3)cc21. The lowest BCUT2D eigenvalue weighted by molar-refractivity contribution is 0.561. The molecule has 0 bridgehead atoms. The van der Waals surface area contributed by atoms with E-state index in [-0.39, 0.29) is 4.90 Å². The normalized spacial score (nSPS) is 17.8. The first-order chi connectivity index (χ1) is 10.6. The Balaban J connectivity index is 1.91.